The Morgan fingerprint density at radius 2 is 1.77 bits per heavy atom. The molecule has 0 N–H and O–H groups in total. The topological polar surface area (TPSA) is 59.8 Å². The second-order valence-corrected chi connectivity index (χ2v) is 8.73. The number of ether oxygens (including phenoxy) is 2. The van der Waals surface area contributed by atoms with Gasteiger partial charge in [0.15, 0.2) is 11.5 Å². The maximum atomic E-state index is 13.0. The number of amides is 1. The second kappa shape index (κ2) is 8.72. The lowest BCUT2D eigenvalue weighted by Crippen LogP contribution is -2.48. The van der Waals surface area contributed by atoms with Crippen LogP contribution in [-0.4, -0.2) is 58.5 Å². The summed E-state index contributed by atoms with van der Waals surface area (Å²) in [6, 6.07) is 13.9. The predicted molar refractivity (Wildman–Crippen MR) is 119 cm³/mol. The van der Waals surface area contributed by atoms with Gasteiger partial charge in [-0.3, -0.25) is 14.4 Å². The number of carbonyl (C=O) groups is 1. The van der Waals surface area contributed by atoms with Gasteiger partial charge >= 0.3 is 0 Å². The molecule has 1 aromatic heterocycles. The number of fused-ring (bicyclic) bond motifs is 1. The first kappa shape index (κ1) is 20.1. The summed E-state index contributed by atoms with van der Waals surface area (Å²) in [5.74, 6) is 1.71. The Morgan fingerprint density at radius 3 is 2.58 bits per heavy atom. The van der Waals surface area contributed by atoms with Crippen molar-refractivity contribution < 1.29 is 14.3 Å². The van der Waals surface area contributed by atoms with Crippen LogP contribution in [0.25, 0.3) is 0 Å². The summed E-state index contributed by atoms with van der Waals surface area (Å²) in [6.07, 6.45) is 3.69. The molecule has 0 bridgehead atoms. The minimum absolute atomic E-state index is 0.0891. The summed E-state index contributed by atoms with van der Waals surface area (Å²) in [5, 5.41) is 4.29. The van der Waals surface area contributed by atoms with Crippen LogP contribution < -0.4 is 9.47 Å². The fourth-order valence-electron chi connectivity index (χ4n) is 4.00. The van der Waals surface area contributed by atoms with Crippen molar-refractivity contribution in [2.75, 3.05) is 33.0 Å². The summed E-state index contributed by atoms with van der Waals surface area (Å²) in [7, 11) is 0. The normalized spacial score (nSPS) is 16.0. The minimum atomic E-state index is 0.0891. The van der Waals surface area contributed by atoms with Crippen molar-refractivity contribution in [2.45, 2.75) is 13.1 Å². The zero-order valence-electron chi connectivity index (χ0n) is 17.0. The average Bonchev–Trinajstić information content (AvgIpc) is 3.42. The number of piperazine rings is 1. The van der Waals surface area contributed by atoms with Gasteiger partial charge < -0.3 is 14.4 Å². The molecule has 2 aliphatic heterocycles. The Labute approximate surface area is 189 Å². The van der Waals surface area contributed by atoms with Gasteiger partial charge in [0.25, 0.3) is 5.91 Å². The molecule has 2 aromatic carbocycles. The number of carbonyl (C=O) groups excluding carboxylic acids is 1. The van der Waals surface area contributed by atoms with Gasteiger partial charge in [-0.05, 0) is 51.3 Å². The molecule has 1 saturated heterocycles. The molecule has 1 fully saturated rings. The molecule has 5 rings (SSSR count). The Bertz CT molecular complexity index is 1090. The summed E-state index contributed by atoms with van der Waals surface area (Å²) in [4.78, 5) is 17.4. The predicted octanol–water partition coefficient (Wildman–Crippen LogP) is 3.38. The number of aromatic nitrogens is 2. The van der Waals surface area contributed by atoms with Crippen molar-refractivity contribution in [1.29, 1.82) is 0 Å². The van der Waals surface area contributed by atoms with Crippen LogP contribution in [0.2, 0.25) is 0 Å². The Morgan fingerprint density at radius 1 is 0.968 bits per heavy atom. The van der Waals surface area contributed by atoms with E-state index in [1.807, 2.05) is 52.2 Å². The van der Waals surface area contributed by atoms with Crippen LogP contribution in [0.3, 0.4) is 0 Å². The smallest absolute Gasteiger partial charge is 0.253 e. The van der Waals surface area contributed by atoms with E-state index < -0.39 is 0 Å². The highest BCUT2D eigenvalue weighted by Gasteiger charge is 2.23. The molecular weight excluding hydrogens is 460 g/mol. The van der Waals surface area contributed by atoms with Gasteiger partial charge in [-0.2, -0.15) is 5.10 Å². The third kappa shape index (κ3) is 4.60. The fraction of sp³-hybridized carbons (Fsp3) is 0.304. The molecule has 2 aliphatic rings. The molecule has 0 unspecified atom stereocenters. The first-order chi connectivity index (χ1) is 15.1. The molecule has 31 heavy (non-hydrogen) atoms. The monoisotopic (exact) mass is 482 g/mol. The Hall–Kier alpha value is -2.84. The molecule has 0 radical (unpaired) electrons. The molecule has 8 heteroatoms. The van der Waals surface area contributed by atoms with Crippen LogP contribution in [-0.2, 0) is 13.1 Å². The van der Waals surface area contributed by atoms with Crippen molar-refractivity contribution in [1.82, 2.24) is 19.6 Å². The zero-order chi connectivity index (χ0) is 21.2. The lowest BCUT2D eigenvalue weighted by molar-refractivity contribution is 0.0628. The van der Waals surface area contributed by atoms with Crippen LogP contribution in [0.4, 0.5) is 0 Å². The molecule has 3 heterocycles. The number of nitrogens with zero attached hydrogens (tertiary/aromatic N) is 4. The highest BCUT2D eigenvalue weighted by Crippen LogP contribution is 2.32. The SMILES string of the molecule is O=C(c1cccc(Cn2cc(Br)cn2)c1)N1CCN(Cc2ccc3c(c2)OCO3)CC1. The molecular formula is C23H23BrN4O3. The summed E-state index contributed by atoms with van der Waals surface area (Å²) < 4.78 is 13.6. The second-order valence-electron chi connectivity index (χ2n) is 7.81. The van der Waals surface area contributed by atoms with Gasteiger partial charge in [0.1, 0.15) is 0 Å². The van der Waals surface area contributed by atoms with E-state index in [1.165, 1.54) is 5.56 Å². The van der Waals surface area contributed by atoms with Gasteiger partial charge in [0.2, 0.25) is 6.79 Å². The number of hydrogen-bond acceptors (Lipinski definition) is 5. The Kier molecular flexibility index (Phi) is 5.65. The van der Waals surface area contributed by atoms with Crippen LogP contribution >= 0.6 is 15.9 Å². The van der Waals surface area contributed by atoms with Crippen LogP contribution in [0.15, 0.2) is 59.3 Å². The lowest BCUT2D eigenvalue weighted by atomic mass is 10.1. The quantitative estimate of drug-likeness (QED) is 0.557. The first-order valence-electron chi connectivity index (χ1n) is 10.3. The Balaban J connectivity index is 1.18. The number of rotatable bonds is 5. The maximum Gasteiger partial charge on any atom is 0.253 e. The number of benzene rings is 2. The van der Waals surface area contributed by atoms with Crippen LogP contribution in [0.1, 0.15) is 21.5 Å². The van der Waals surface area contributed by atoms with E-state index in [9.17, 15) is 4.79 Å². The standard InChI is InChI=1S/C23H23BrN4O3/c24-20-12-25-28(15-20)14-17-2-1-3-19(10-17)23(29)27-8-6-26(7-9-27)13-18-4-5-21-22(11-18)31-16-30-21/h1-5,10-12,15H,6-9,13-14,16H2. The molecule has 160 valence electrons. The van der Waals surface area contributed by atoms with Crippen molar-refractivity contribution in [3.8, 4) is 11.5 Å². The zero-order valence-corrected chi connectivity index (χ0v) is 18.6. The average molecular weight is 483 g/mol. The maximum absolute atomic E-state index is 13.0. The van der Waals surface area contributed by atoms with Gasteiger partial charge in [-0.1, -0.05) is 18.2 Å². The first-order valence-corrected chi connectivity index (χ1v) is 11.1. The molecule has 7 nitrogen and oxygen atoms in total. The van der Waals surface area contributed by atoms with E-state index in [2.05, 4.69) is 32.0 Å². The molecule has 0 atom stereocenters. The lowest BCUT2D eigenvalue weighted by Gasteiger charge is -2.35. The highest BCUT2D eigenvalue weighted by molar-refractivity contribution is 9.10. The minimum Gasteiger partial charge on any atom is -0.454 e. The van der Waals surface area contributed by atoms with Crippen LogP contribution in [0, 0.1) is 0 Å². The van der Waals surface area contributed by atoms with E-state index in [0.29, 0.717) is 13.3 Å². The summed E-state index contributed by atoms with van der Waals surface area (Å²) in [6.45, 7) is 4.91. The third-order valence-electron chi connectivity index (χ3n) is 5.62. The van der Waals surface area contributed by atoms with E-state index in [-0.39, 0.29) is 5.91 Å². The van der Waals surface area contributed by atoms with E-state index >= 15 is 0 Å². The fourth-order valence-corrected chi connectivity index (χ4v) is 4.33. The molecule has 1 amide bonds. The third-order valence-corrected chi connectivity index (χ3v) is 6.03. The number of hydrogen-bond donors (Lipinski definition) is 0. The van der Waals surface area contributed by atoms with Crippen molar-refractivity contribution in [3.05, 3.63) is 76.0 Å². The number of halogens is 1. The van der Waals surface area contributed by atoms with Crippen molar-refractivity contribution in [2.24, 2.45) is 0 Å². The van der Waals surface area contributed by atoms with E-state index in [1.54, 1.807) is 6.20 Å². The van der Waals surface area contributed by atoms with Crippen molar-refractivity contribution in [3.63, 3.8) is 0 Å². The highest BCUT2D eigenvalue weighted by atomic mass is 79.9. The van der Waals surface area contributed by atoms with Crippen LogP contribution in [0.5, 0.6) is 11.5 Å². The molecule has 3 aromatic rings. The van der Waals surface area contributed by atoms with Gasteiger partial charge in [0, 0.05) is 44.5 Å². The van der Waals surface area contributed by atoms with Gasteiger partial charge in [-0.25, -0.2) is 0 Å². The van der Waals surface area contributed by atoms with Gasteiger partial charge in [-0.15, -0.1) is 0 Å². The summed E-state index contributed by atoms with van der Waals surface area (Å²) in [5.41, 5.74) is 2.98. The molecule has 0 spiro atoms. The van der Waals surface area contributed by atoms with E-state index in [0.717, 1.165) is 59.8 Å². The van der Waals surface area contributed by atoms with Crippen molar-refractivity contribution >= 4 is 21.8 Å². The summed E-state index contributed by atoms with van der Waals surface area (Å²) >= 11 is 3.41. The van der Waals surface area contributed by atoms with E-state index in [4.69, 9.17) is 9.47 Å². The molecule has 0 aliphatic carbocycles. The molecule has 0 saturated carbocycles. The van der Waals surface area contributed by atoms with Gasteiger partial charge in [0.05, 0.1) is 17.2 Å². The largest absolute Gasteiger partial charge is 0.454 e.